The molecule has 0 aliphatic heterocycles. The van der Waals surface area contributed by atoms with Crippen LogP contribution in [0.1, 0.15) is 52.6 Å². The second kappa shape index (κ2) is 6.15. The molecule has 2 N–H and O–H groups in total. The molecular weight excluding hydrogens is 306 g/mol. The van der Waals surface area contributed by atoms with Gasteiger partial charge in [0.15, 0.2) is 0 Å². The molecular formula is C19H21NO4. The van der Waals surface area contributed by atoms with Crippen molar-refractivity contribution in [3.63, 3.8) is 0 Å². The predicted molar refractivity (Wildman–Crippen MR) is 89.0 cm³/mol. The molecule has 0 fully saturated rings. The second-order valence-electron chi connectivity index (χ2n) is 6.58. The number of carboxylic acid groups (broad SMARTS) is 1. The molecule has 1 aromatic heterocycles. The number of fused-ring (bicyclic) bond motifs is 1. The highest BCUT2D eigenvalue weighted by Crippen LogP contribution is 2.35. The van der Waals surface area contributed by atoms with E-state index in [2.05, 4.69) is 17.4 Å². The number of hydrogen-bond donors (Lipinski definition) is 2. The first kappa shape index (κ1) is 16.3. The van der Waals surface area contributed by atoms with Gasteiger partial charge in [0, 0.05) is 5.56 Å². The Morgan fingerprint density at radius 1 is 1.33 bits per heavy atom. The van der Waals surface area contributed by atoms with Crippen LogP contribution < -0.4 is 5.32 Å². The summed E-state index contributed by atoms with van der Waals surface area (Å²) < 4.78 is 5.28. The molecule has 1 amide bonds. The maximum atomic E-state index is 12.8. The minimum Gasteiger partial charge on any atom is -0.481 e. The molecule has 1 aliphatic carbocycles. The van der Waals surface area contributed by atoms with Crippen molar-refractivity contribution < 1.29 is 19.1 Å². The van der Waals surface area contributed by atoms with E-state index in [0.717, 1.165) is 24.8 Å². The number of aliphatic carboxylic acids is 1. The zero-order valence-corrected chi connectivity index (χ0v) is 13.9. The lowest BCUT2D eigenvalue weighted by Crippen LogP contribution is -2.46. The van der Waals surface area contributed by atoms with E-state index in [1.165, 1.54) is 11.8 Å². The van der Waals surface area contributed by atoms with Crippen LogP contribution in [0.3, 0.4) is 0 Å². The average Bonchev–Trinajstić information content (AvgIpc) is 2.87. The number of furan rings is 1. The molecule has 5 nitrogen and oxygen atoms in total. The van der Waals surface area contributed by atoms with E-state index in [1.54, 1.807) is 6.92 Å². The van der Waals surface area contributed by atoms with Crippen LogP contribution in [0.5, 0.6) is 0 Å². The number of amides is 1. The Hall–Kier alpha value is -2.56. The van der Waals surface area contributed by atoms with Crippen molar-refractivity contribution in [1.29, 1.82) is 0 Å². The Morgan fingerprint density at radius 3 is 2.83 bits per heavy atom. The van der Waals surface area contributed by atoms with Crippen LogP contribution >= 0.6 is 0 Å². The highest BCUT2D eigenvalue weighted by molar-refractivity contribution is 5.98. The van der Waals surface area contributed by atoms with Gasteiger partial charge in [0.05, 0.1) is 17.4 Å². The zero-order valence-electron chi connectivity index (χ0n) is 13.9. The topological polar surface area (TPSA) is 79.5 Å². The van der Waals surface area contributed by atoms with Gasteiger partial charge in [0.1, 0.15) is 12.2 Å². The molecule has 0 saturated heterocycles. The third-order valence-electron chi connectivity index (χ3n) is 4.71. The van der Waals surface area contributed by atoms with Gasteiger partial charge in [-0.05, 0) is 44.2 Å². The molecule has 0 radical (unpaired) electrons. The molecule has 1 unspecified atom stereocenters. The molecule has 0 saturated carbocycles. The number of rotatable bonds is 4. The number of carbonyl (C=O) groups is 2. The van der Waals surface area contributed by atoms with Crippen molar-refractivity contribution in [3.8, 4) is 0 Å². The van der Waals surface area contributed by atoms with E-state index < -0.39 is 11.5 Å². The second-order valence-corrected chi connectivity index (χ2v) is 6.58. The summed E-state index contributed by atoms with van der Waals surface area (Å²) in [5.41, 5.74) is 2.90. The van der Waals surface area contributed by atoms with Gasteiger partial charge in [0.2, 0.25) is 0 Å². The number of benzene rings is 1. The molecule has 3 rings (SSSR count). The quantitative estimate of drug-likeness (QED) is 0.904. The van der Waals surface area contributed by atoms with Crippen LogP contribution in [0.4, 0.5) is 0 Å². The average molecular weight is 327 g/mol. The van der Waals surface area contributed by atoms with Gasteiger partial charge in [-0.15, -0.1) is 0 Å². The third-order valence-corrected chi connectivity index (χ3v) is 4.71. The lowest BCUT2D eigenvalue weighted by Gasteiger charge is -2.37. The molecule has 1 atom stereocenters. The van der Waals surface area contributed by atoms with E-state index in [0.29, 0.717) is 11.1 Å². The third kappa shape index (κ3) is 2.94. The van der Waals surface area contributed by atoms with Gasteiger partial charge < -0.3 is 14.8 Å². The first-order valence-electron chi connectivity index (χ1n) is 8.10. The number of carbonyl (C=O) groups excluding carboxylic acids is 1. The molecule has 2 aromatic rings. The fourth-order valence-corrected chi connectivity index (χ4v) is 3.56. The minimum absolute atomic E-state index is 0.199. The van der Waals surface area contributed by atoms with E-state index in [4.69, 9.17) is 9.52 Å². The Morgan fingerprint density at radius 2 is 2.08 bits per heavy atom. The fourth-order valence-electron chi connectivity index (χ4n) is 3.56. The fraction of sp³-hybridized carbons (Fsp3) is 0.368. The maximum Gasteiger partial charge on any atom is 0.311 e. The minimum atomic E-state index is -1.02. The summed E-state index contributed by atoms with van der Waals surface area (Å²) in [6.45, 7) is 3.77. The van der Waals surface area contributed by atoms with E-state index >= 15 is 0 Å². The number of hydrogen-bond acceptors (Lipinski definition) is 3. The van der Waals surface area contributed by atoms with Crippen LogP contribution in [0.2, 0.25) is 0 Å². The lowest BCUT2D eigenvalue weighted by molar-refractivity contribution is -0.136. The van der Waals surface area contributed by atoms with Crippen molar-refractivity contribution in [2.45, 2.75) is 45.1 Å². The Balaban J connectivity index is 1.91. The Labute approximate surface area is 140 Å². The Kier molecular flexibility index (Phi) is 4.18. The molecule has 5 heteroatoms. The number of carboxylic acids is 1. The first-order valence-corrected chi connectivity index (χ1v) is 8.10. The molecule has 1 heterocycles. The zero-order chi connectivity index (χ0) is 17.3. The summed E-state index contributed by atoms with van der Waals surface area (Å²) >= 11 is 0. The van der Waals surface area contributed by atoms with Gasteiger partial charge in [-0.3, -0.25) is 9.59 Å². The van der Waals surface area contributed by atoms with Crippen LogP contribution in [0.25, 0.3) is 0 Å². The highest BCUT2D eigenvalue weighted by Gasteiger charge is 2.34. The molecule has 1 aromatic carbocycles. The first-order chi connectivity index (χ1) is 11.4. The standard InChI is InChI=1S/C19H21NO4/c1-12-11-24-15(10-16(21)22)17(12)18(23)20-19(2)9-5-7-13-6-3-4-8-14(13)19/h3-4,6,8,11H,5,7,9-10H2,1-2H3,(H,20,23)(H,21,22). The summed E-state index contributed by atoms with van der Waals surface area (Å²) in [7, 11) is 0. The van der Waals surface area contributed by atoms with Crippen LogP contribution in [0, 0.1) is 6.92 Å². The summed E-state index contributed by atoms with van der Waals surface area (Å²) in [6, 6.07) is 8.14. The van der Waals surface area contributed by atoms with Gasteiger partial charge in [-0.2, -0.15) is 0 Å². The Bertz CT molecular complexity index is 792. The van der Waals surface area contributed by atoms with Crippen LogP contribution in [-0.2, 0) is 23.2 Å². The van der Waals surface area contributed by atoms with E-state index in [9.17, 15) is 9.59 Å². The van der Waals surface area contributed by atoms with E-state index in [1.807, 2.05) is 19.1 Å². The molecule has 0 bridgehead atoms. The summed E-state index contributed by atoms with van der Waals surface area (Å²) in [4.78, 5) is 23.8. The van der Waals surface area contributed by atoms with Gasteiger partial charge in [-0.25, -0.2) is 0 Å². The van der Waals surface area contributed by atoms with Crippen LogP contribution in [0.15, 0.2) is 34.9 Å². The predicted octanol–water partition coefficient (Wildman–Crippen LogP) is 3.20. The molecule has 1 aliphatic rings. The van der Waals surface area contributed by atoms with Crippen molar-refractivity contribution in [2.75, 3.05) is 0 Å². The monoisotopic (exact) mass is 327 g/mol. The molecule has 0 spiro atoms. The van der Waals surface area contributed by atoms with Crippen molar-refractivity contribution in [3.05, 3.63) is 58.5 Å². The van der Waals surface area contributed by atoms with Crippen LogP contribution in [-0.4, -0.2) is 17.0 Å². The lowest BCUT2D eigenvalue weighted by atomic mass is 9.77. The highest BCUT2D eigenvalue weighted by atomic mass is 16.4. The molecule has 24 heavy (non-hydrogen) atoms. The number of nitrogens with one attached hydrogen (secondary N) is 1. The normalized spacial score (nSPS) is 19.6. The number of aryl methyl sites for hydroxylation is 2. The smallest absolute Gasteiger partial charge is 0.311 e. The SMILES string of the molecule is Cc1coc(CC(=O)O)c1C(=O)NC1(C)CCCc2ccccc21. The summed E-state index contributed by atoms with van der Waals surface area (Å²) in [5.74, 6) is -1.10. The van der Waals surface area contributed by atoms with Crippen molar-refractivity contribution in [1.82, 2.24) is 5.32 Å². The van der Waals surface area contributed by atoms with Gasteiger partial charge in [0.25, 0.3) is 5.91 Å². The maximum absolute atomic E-state index is 12.8. The van der Waals surface area contributed by atoms with Crippen molar-refractivity contribution in [2.24, 2.45) is 0 Å². The summed E-state index contributed by atoms with van der Waals surface area (Å²) in [6.07, 6.45) is 3.99. The van der Waals surface area contributed by atoms with E-state index in [-0.39, 0.29) is 18.1 Å². The van der Waals surface area contributed by atoms with Crippen molar-refractivity contribution >= 4 is 11.9 Å². The largest absolute Gasteiger partial charge is 0.481 e. The molecule has 126 valence electrons. The summed E-state index contributed by atoms with van der Waals surface area (Å²) in [5, 5.41) is 12.1. The van der Waals surface area contributed by atoms with Gasteiger partial charge in [-0.1, -0.05) is 24.3 Å². The van der Waals surface area contributed by atoms with Gasteiger partial charge >= 0.3 is 5.97 Å².